The number of carbonyl (C=O) groups excluding carboxylic acids is 1. The van der Waals surface area contributed by atoms with E-state index in [0.717, 1.165) is 0 Å². The highest BCUT2D eigenvalue weighted by Gasteiger charge is 2.10. The summed E-state index contributed by atoms with van der Waals surface area (Å²) in [6.45, 7) is 2.53. The van der Waals surface area contributed by atoms with Crippen molar-refractivity contribution in [1.29, 1.82) is 0 Å². The van der Waals surface area contributed by atoms with E-state index in [9.17, 15) is 9.18 Å². The van der Waals surface area contributed by atoms with Crippen LogP contribution in [0.3, 0.4) is 0 Å². The normalized spacial score (nSPS) is 10.2. The molecule has 1 heterocycles. The average Bonchev–Trinajstić information content (AvgIpc) is 2.80. The maximum absolute atomic E-state index is 12.7. The minimum Gasteiger partial charge on any atom is -0.321 e. The Bertz CT molecular complexity index is 519. The first kappa shape index (κ1) is 11.3. The summed E-state index contributed by atoms with van der Waals surface area (Å²) < 4.78 is 14.3. The highest BCUT2D eigenvalue weighted by Crippen LogP contribution is 2.10. The van der Waals surface area contributed by atoms with E-state index in [0.29, 0.717) is 17.9 Å². The topological polar surface area (TPSA) is 46.9 Å². The first-order valence-corrected chi connectivity index (χ1v) is 5.29. The summed E-state index contributed by atoms with van der Waals surface area (Å²) in [5.74, 6) is -0.586. The standard InChI is InChI=1S/C12H12FN3O/c1-2-16-11(7-8-14-16)12(17)15-10-5-3-9(13)4-6-10/h3-8H,2H2,1H3,(H,15,17). The molecule has 17 heavy (non-hydrogen) atoms. The second kappa shape index (κ2) is 4.78. The highest BCUT2D eigenvalue weighted by molar-refractivity contribution is 6.02. The van der Waals surface area contributed by atoms with Crippen LogP contribution in [0.2, 0.25) is 0 Å². The number of nitrogens with one attached hydrogen (secondary N) is 1. The zero-order valence-electron chi connectivity index (χ0n) is 9.35. The molecule has 0 atom stereocenters. The number of rotatable bonds is 3. The van der Waals surface area contributed by atoms with Crippen LogP contribution in [-0.4, -0.2) is 15.7 Å². The molecule has 88 valence electrons. The first-order chi connectivity index (χ1) is 8.20. The molecule has 2 rings (SSSR count). The van der Waals surface area contributed by atoms with Crippen molar-refractivity contribution in [3.8, 4) is 0 Å². The molecule has 0 bridgehead atoms. The maximum atomic E-state index is 12.7. The van der Waals surface area contributed by atoms with Gasteiger partial charge in [0, 0.05) is 18.4 Å². The van der Waals surface area contributed by atoms with Gasteiger partial charge in [-0.2, -0.15) is 5.10 Å². The fourth-order valence-corrected chi connectivity index (χ4v) is 1.51. The molecule has 0 saturated carbocycles. The zero-order valence-corrected chi connectivity index (χ0v) is 9.35. The third kappa shape index (κ3) is 2.50. The summed E-state index contributed by atoms with van der Waals surface area (Å²) in [7, 11) is 0. The third-order valence-electron chi connectivity index (χ3n) is 2.35. The number of carbonyl (C=O) groups is 1. The van der Waals surface area contributed by atoms with Gasteiger partial charge in [-0.05, 0) is 37.3 Å². The minimum atomic E-state index is -0.332. The predicted molar refractivity (Wildman–Crippen MR) is 62.3 cm³/mol. The molecular weight excluding hydrogens is 221 g/mol. The maximum Gasteiger partial charge on any atom is 0.273 e. The second-order valence-electron chi connectivity index (χ2n) is 3.49. The lowest BCUT2D eigenvalue weighted by Crippen LogP contribution is -2.17. The fraction of sp³-hybridized carbons (Fsp3) is 0.167. The molecule has 1 aromatic heterocycles. The lowest BCUT2D eigenvalue weighted by molar-refractivity contribution is 0.101. The molecule has 1 aromatic carbocycles. The van der Waals surface area contributed by atoms with Crippen molar-refractivity contribution in [2.24, 2.45) is 0 Å². The molecule has 0 fully saturated rings. The van der Waals surface area contributed by atoms with Crippen molar-refractivity contribution in [2.45, 2.75) is 13.5 Å². The van der Waals surface area contributed by atoms with Gasteiger partial charge in [-0.15, -0.1) is 0 Å². The Kier molecular flexibility index (Phi) is 3.18. The van der Waals surface area contributed by atoms with Gasteiger partial charge in [-0.1, -0.05) is 0 Å². The summed E-state index contributed by atoms with van der Waals surface area (Å²) in [5.41, 5.74) is 1.04. The number of halogens is 1. The Morgan fingerprint density at radius 3 is 2.71 bits per heavy atom. The Morgan fingerprint density at radius 1 is 1.35 bits per heavy atom. The average molecular weight is 233 g/mol. The van der Waals surface area contributed by atoms with Crippen molar-refractivity contribution < 1.29 is 9.18 Å². The lowest BCUT2D eigenvalue weighted by Gasteiger charge is -2.06. The zero-order chi connectivity index (χ0) is 12.3. The largest absolute Gasteiger partial charge is 0.321 e. The number of benzene rings is 1. The molecule has 0 aliphatic carbocycles. The van der Waals surface area contributed by atoms with Gasteiger partial charge in [-0.25, -0.2) is 4.39 Å². The number of amides is 1. The van der Waals surface area contributed by atoms with E-state index in [1.165, 1.54) is 24.3 Å². The SMILES string of the molecule is CCn1nccc1C(=O)Nc1ccc(F)cc1. The quantitative estimate of drug-likeness (QED) is 0.884. The van der Waals surface area contributed by atoms with Gasteiger partial charge >= 0.3 is 0 Å². The number of nitrogens with zero attached hydrogens (tertiary/aromatic N) is 2. The van der Waals surface area contributed by atoms with E-state index < -0.39 is 0 Å². The first-order valence-electron chi connectivity index (χ1n) is 5.29. The molecule has 1 N–H and O–H groups in total. The van der Waals surface area contributed by atoms with Crippen LogP contribution >= 0.6 is 0 Å². The molecule has 0 unspecified atom stereocenters. The van der Waals surface area contributed by atoms with E-state index in [1.54, 1.807) is 16.9 Å². The van der Waals surface area contributed by atoms with E-state index in [2.05, 4.69) is 10.4 Å². The predicted octanol–water partition coefficient (Wildman–Crippen LogP) is 2.29. The Morgan fingerprint density at radius 2 is 2.06 bits per heavy atom. The van der Waals surface area contributed by atoms with Crippen molar-refractivity contribution in [3.63, 3.8) is 0 Å². The molecule has 0 aliphatic rings. The molecule has 0 aliphatic heterocycles. The van der Waals surface area contributed by atoms with Crippen LogP contribution in [0.25, 0.3) is 0 Å². The Balaban J connectivity index is 2.14. The van der Waals surface area contributed by atoms with Crippen molar-refractivity contribution in [1.82, 2.24) is 9.78 Å². The van der Waals surface area contributed by atoms with E-state index in [1.807, 2.05) is 6.92 Å². The minimum absolute atomic E-state index is 0.254. The molecule has 2 aromatic rings. The van der Waals surface area contributed by atoms with Gasteiger partial charge < -0.3 is 5.32 Å². The van der Waals surface area contributed by atoms with Crippen LogP contribution < -0.4 is 5.32 Å². The van der Waals surface area contributed by atoms with Crippen LogP contribution in [-0.2, 0) is 6.54 Å². The smallest absolute Gasteiger partial charge is 0.273 e. The number of aryl methyl sites for hydroxylation is 1. The van der Waals surface area contributed by atoms with Crippen LogP contribution in [0.4, 0.5) is 10.1 Å². The molecule has 1 amide bonds. The number of anilines is 1. The molecule has 0 saturated heterocycles. The molecule has 4 nitrogen and oxygen atoms in total. The molecule has 5 heteroatoms. The van der Waals surface area contributed by atoms with Gasteiger partial charge in [0.2, 0.25) is 0 Å². The summed E-state index contributed by atoms with van der Waals surface area (Å²) in [5, 5.41) is 6.69. The van der Waals surface area contributed by atoms with E-state index in [-0.39, 0.29) is 11.7 Å². The number of hydrogen-bond donors (Lipinski definition) is 1. The summed E-state index contributed by atoms with van der Waals surface area (Å²) in [6.07, 6.45) is 1.57. The van der Waals surface area contributed by atoms with E-state index >= 15 is 0 Å². The summed E-state index contributed by atoms with van der Waals surface area (Å²) in [4.78, 5) is 11.9. The van der Waals surface area contributed by atoms with Gasteiger partial charge in [0.05, 0.1) is 0 Å². The molecular formula is C12H12FN3O. The molecule has 0 spiro atoms. The van der Waals surface area contributed by atoms with Gasteiger partial charge in [-0.3, -0.25) is 9.48 Å². The number of aromatic nitrogens is 2. The van der Waals surface area contributed by atoms with Gasteiger partial charge in [0.1, 0.15) is 11.5 Å². The molecule has 0 radical (unpaired) electrons. The third-order valence-corrected chi connectivity index (χ3v) is 2.35. The Labute approximate surface area is 98.1 Å². The van der Waals surface area contributed by atoms with Gasteiger partial charge in [0.25, 0.3) is 5.91 Å². The lowest BCUT2D eigenvalue weighted by atomic mass is 10.3. The monoisotopic (exact) mass is 233 g/mol. The van der Waals surface area contributed by atoms with Crippen LogP contribution in [0, 0.1) is 5.82 Å². The fourth-order valence-electron chi connectivity index (χ4n) is 1.51. The second-order valence-corrected chi connectivity index (χ2v) is 3.49. The summed E-state index contributed by atoms with van der Waals surface area (Å²) in [6, 6.07) is 7.27. The van der Waals surface area contributed by atoms with E-state index in [4.69, 9.17) is 0 Å². The summed E-state index contributed by atoms with van der Waals surface area (Å²) >= 11 is 0. The van der Waals surface area contributed by atoms with Crippen LogP contribution in [0.15, 0.2) is 36.5 Å². The van der Waals surface area contributed by atoms with Gasteiger partial charge in [0.15, 0.2) is 0 Å². The van der Waals surface area contributed by atoms with Crippen LogP contribution in [0.1, 0.15) is 17.4 Å². The van der Waals surface area contributed by atoms with Crippen LogP contribution in [0.5, 0.6) is 0 Å². The van der Waals surface area contributed by atoms with Crippen molar-refractivity contribution >= 4 is 11.6 Å². The van der Waals surface area contributed by atoms with Crippen molar-refractivity contribution in [2.75, 3.05) is 5.32 Å². The Hall–Kier alpha value is -2.17. The highest BCUT2D eigenvalue weighted by atomic mass is 19.1. The van der Waals surface area contributed by atoms with Crippen molar-refractivity contribution in [3.05, 3.63) is 48.0 Å². The number of hydrogen-bond acceptors (Lipinski definition) is 2.